The summed E-state index contributed by atoms with van der Waals surface area (Å²) in [5, 5.41) is 0. The van der Waals surface area contributed by atoms with Gasteiger partial charge >= 0.3 is 0 Å². The Kier molecular flexibility index (Phi) is 4.85. The Hall–Kier alpha value is -3.60. The Morgan fingerprint density at radius 3 is 1.51 bits per heavy atom. The smallest absolute Gasteiger partial charge is 0.240 e. The molecule has 2 amide bonds. The van der Waals surface area contributed by atoms with Crippen molar-refractivity contribution in [3.63, 3.8) is 0 Å². The molecular weight excluding hydrogens is 505 g/mol. The summed E-state index contributed by atoms with van der Waals surface area (Å²) in [7, 11) is 0. The maximum atomic E-state index is 14.0. The Balaban J connectivity index is 1.28. The van der Waals surface area contributed by atoms with Gasteiger partial charge in [-0.25, -0.2) is 4.90 Å². The lowest BCUT2D eigenvalue weighted by molar-refractivity contribution is -0.122. The van der Waals surface area contributed by atoms with Crippen LogP contribution in [-0.4, -0.2) is 11.8 Å². The Morgan fingerprint density at radius 1 is 0.622 bits per heavy atom. The molecule has 4 nitrogen and oxygen atoms in total. The van der Waals surface area contributed by atoms with E-state index in [0.29, 0.717) is 18.0 Å². The number of hydrogen-bond acceptors (Lipinski definition) is 3. The third kappa shape index (κ3) is 2.91. The van der Waals surface area contributed by atoms with Crippen LogP contribution in [-0.2, 0) is 25.9 Å². The number of ether oxygens (including phenoxy) is 1. The van der Waals surface area contributed by atoms with Crippen molar-refractivity contribution in [3.8, 4) is 5.75 Å². The Labute approximate surface area is 224 Å². The number of carbonyl (C=O) groups is 2. The van der Waals surface area contributed by atoms with Gasteiger partial charge in [0.25, 0.3) is 0 Å². The molecule has 1 aliphatic heterocycles. The van der Waals surface area contributed by atoms with E-state index in [1.807, 2.05) is 78.9 Å². The fraction of sp³-hybridized carbons (Fsp3) is 0.161. The van der Waals surface area contributed by atoms with E-state index in [1.165, 1.54) is 4.90 Å². The number of carbonyl (C=O) groups excluding carboxylic acids is 2. The first kappa shape index (κ1) is 22.6. The minimum Gasteiger partial charge on any atom is -0.489 e. The van der Waals surface area contributed by atoms with E-state index >= 15 is 0 Å². The lowest BCUT2D eigenvalue weighted by Crippen LogP contribution is -2.57. The zero-order valence-electron chi connectivity index (χ0n) is 19.6. The van der Waals surface area contributed by atoms with Crippen LogP contribution in [0.1, 0.15) is 27.8 Å². The molecule has 0 N–H and O–H groups in total. The lowest BCUT2D eigenvalue weighted by atomic mass is 9.54. The fourth-order valence-corrected chi connectivity index (χ4v) is 7.45. The van der Waals surface area contributed by atoms with Crippen LogP contribution >= 0.6 is 23.2 Å². The second-order valence-corrected chi connectivity index (χ2v) is 10.9. The Morgan fingerprint density at radius 2 is 1.05 bits per heavy atom. The van der Waals surface area contributed by atoms with Crippen LogP contribution in [0.5, 0.6) is 5.75 Å². The standard InChI is InChI=1S/C31H21Cl2NO3/c32-30-22-10-4-5-11-23(22)31(33,25-13-7-6-12-24(25)30)27-26(30)28(35)34(29(27)36)20-14-16-21(17-15-20)37-18-19-8-2-1-3-9-19/h1-17,26-27H,18H2/t26-,27-,30?,31?/m1/s1. The molecule has 0 saturated carbocycles. The first-order chi connectivity index (χ1) is 18.0. The van der Waals surface area contributed by atoms with Gasteiger partial charge in [0, 0.05) is 0 Å². The molecule has 0 radical (unpaired) electrons. The van der Waals surface area contributed by atoms with Gasteiger partial charge in [-0.05, 0) is 52.1 Å². The zero-order chi connectivity index (χ0) is 25.4. The van der Waals surface area contributed by atoms with Gasteiger partial charge in [-0.3, -0.25) is 9.59 Å². The molecule has 4 aromatic rings. The number of hydrogen-bond donors (Lipinski definition) is 0. The van der Waals surface area contributed by atoms with Gasteiger partial charge in [0.05, 0.1) is 17.5 Å². The van der Waals surface area contributed by atoms with Gasteiger partial charge in [-0.1, -0.05) is 78.9 Å². The SMILES string of the molecule is O=C1[C@H]2[C@H](C(=O)N1c1ccc(OCc3ccccc3)cc1)C1(Cl)c3ccccc3C2(Cl)c2ccccc21. The summed E-state index contributed by atoms with van der Waals surface area (Å²) in [5.74, 6) is -1.67. The molecule has 1 fully saturated rings. The van der Waals surface area contributed by atoms with E-state index in [2.05, 4.69) is 0 Å². The third-order valence-corrected chi connectivity index (χ3v) is 9.21. The zero-order valence-corrected chi connectivity index (χ0v) is 21.1. The number of imide groups is 1. The topological polar surface area (TPSA) is 46.6 Å². The number of benzene rings is 4. The van der Waals surface area contributed by atoms with Gasteiger partial charge in [0.1, 0.15) is 22.1 Å². The highest BCUT2D eigenvalue weighted by Crippen LogP contribution is 2.69. The first-order valence-corrected chi connectivity index (χ1v) is 12.9. The number of nitrogens with zero attached hydrogens (tertiary/aromatic N) is 1. The average Bonchev–Trinajstić information content (AvgIpc) is 3.22. The van der Waals surface area contributed by atoms with E-state index < -0.39 is 21.6 Å². The van der Waals surface area contributed by atoms with Crippen molar-refractivity contribution in [2.45, 2.75) is 16.4 Å². The maximum absolute atomic E-state index is 14.0. The number of alkyl halides is 2. The molecular formula is C31H21Cl2NO3. The van der Waals surface area contributed by atoms with Crippen LogP contribution in [0.15, 0.2) is 103 Å². The van der Waals surface area contributed by atoms with Gasteiger partial charge in [0.15, 0.2) is 0 Å². The predicted molar refractivity (Wildman–Crippen MR) is 143 cm³/mol. The molecule has 2 bridgehead atoms. The second-order valence-electron chi connectivity index (χ2n) is 9.75. The molecule has 8 rings (SSSR count). The monoisotopic (exact) mass is 525 g/mol. The van der Waals surface area contributed by atoms with E-state index in [0.717, 1.165) is 27.8 Å². The normalized spacial score (nSPS) is 27.0. The van der Waals surface area contributed by atoms with Crippen LogP contribution in [0.2, 0.25) is 0 Å². The molecule has 0 spiro atoms. The molecule has 4 aromatic carbocycles. The van der Waals surface area contributed by atoms with Crippen molar-refractivity contribution in [3.05, 3.63) is 131 Å². The van der Waals surface area contributed by atoms with Crippen molar-refractivity contribution in [2.75, 3.05) is 4.90 Å². The molecule has 0 aromatic heterocycles. The predicted octanol–water partition coefficient (Wildman–Crippen LogP) is 6.36. The molecule has 37 heavy (non-hydrogen) atoms. The van der Waals surface area contributed by atoms with Gasteiger partial charge in [-0.2, -0.15) is 0 Å². The molecule has 1 saturated heterocycles. The number of anilines is 1. The summed E-state index contributed by atoms with van der Waals surface area (Å²) in [4.78, 5) is 26.9. The summed E-state index contributed by atoms with van der Waals surface area (Å²) < 4.78 is 5.89. The molecule has 1 heterocycles. The largest absolute Gasteiger partial charge is 0.489 e. The van der Waals surface area contributed by atoms with Crippen molar-refractivity contribution >= 4 is 40.7 Å². The minimum absolute atomic E-state index is 0.336. The highest BCUT2D eigenvalue weighted by atomic mass is 35.5. The molecule has 182 valence electrons. The van der Waals surface area contributed by atoms with E-state index in [4.69, 9.17) is 27.9 Å². The average molecular weight is 526 g/mol. The quantitative estimate of drug-likeness (QED) is 0.230. The summed E-state index contributed by atoms with van der Waals surface area (Å²) in [6, 6.07) is 32.1. The van der Waals surface area contributed by atoms with Gasteiger partial charge in [0.2, 0.25) is 11.8 Å². The second kappa shape index (κ2) is 7.95. The number of rotatable bonds is 4. The van der Waals surface area contributed by atoms with E-state index in [-0.39, 0.29) is 11.8 Å². The molecule has 3 aliphatic carbocycles. The molecule has 4 aliphatic rings. The van der Waals surface area contributed by atoms with Crippen molar-refractivity contribution in [2.24, 2.45) is 11.8 Å². The van der Waals surface area contributed by atoms with Crippen LogP contribution in [0.25, 0.3) is 0 Å². The highest BCUT2D eigenvalue weighted by Gasteiger charge is 2.73. The fourth-order valence-electron chi connectivity index (χ4n) is 6.35. The van der Waals surface area contributed by atoms with Crippen molar-refractivity contribution < 1.29 is 14.3 Å². The maximum Gasteiger partial charge on any atom is 0.240 e. The minimum atomic E-state index is -1.19. The van der Waals surface area contributed by atoms with Crippen molar-refractivity contribution in [1.29, 1.82) is 0 Å². The van der Waals surface area contributed by atoms with Crippen LogP contribution < -0.4 is 9.64 Å². The summed E-state index contributed by atoms with van der Waals surface area (Å²) >= 11 is 15.0. The van der Waals surface area contributed by atoms with E-state index in [9.17, 15) is 9.59 Å². The summed E-state index contributed by atoms with van der Waals surface area (Å²) in [5.41, 5.74) is 4.69. The Bertz CT molecular complexity index is 1450. The molecule has 2 atom stereocenters. The van der Waals surface area contributed by atoms with E-state index in [1.54, 1.807) is 24.3 Å². The van der Waals surface area contributed by atoms with Crippen molar-refractivity contribution in [1.82, 2.24) is 0 Å². The molecule has 0 unspecified atom stereocenters. The number of amides is 2. The number of halogens is 2. The van der Waals surface area contributed by atoms with Crippen LogP contribution in [0, 0.1) is 11.8 Å². The summed E-state index contributed by atoms with van der Waals surface area (Å²) in [6.07, 6.45) is 0. The van der Waals surface area contributed by atoms with Gasteiger partial charge in [-0.15, -0.1) is 23.2 Å². The van der Waals surface area contributed by atoms with Gasteiger partial charge < -0.3 is 4.74 Å². The summed E-state index contributed by atoms with van der Waals surface area (Å²) in [6.45, 7) is 0.423. The first-order valence-electron chi connectivity index (χ1n) is 12.2. The molecule has 6 heteroatoms. The van der Waals surface area contributed by atoms with Crippen LogP contribution in [0.3, 0.4) is 0 Å². The van der Waals surface area contributed by atoms with Crippen LogP contribution in [0.4, 0.5) is 5.69 Å². The lowest BCUT2D eigenvalue weighted by Gasteiger charge is -2.54. The third-order valence-electron chi connectivity index (χ3n) is 7.93. The highest BCUT2D eigenvalue weighted by molar-refractivity contribution is 6.38.